The molecule has 1 saturated carbocycles. The van der Waals surface area contributed by atoms with E-state index < -0.39 is 6.10 Å². The number of nitrogens with zero attached hydrogens (tertiary/aromatic N) is 2. The predicted octanol–water partition coefficient (Wildman–Crippen LogP) is 1.21. The van der Waals surface area contributed by atoms with Gasteiger partial charge in [0.2, 0.25) is 5.76 Å². The lowest BCUT2D eigenvalue weighted by Crippen LogP contribution is -2.49. The fourth-order valence-electron chi connectivity index (χ4n) is 3.24. The third-order valence-corrected chi connectivity index (χ3v) is 4.76. The normalized spacial score (nSPS) is 20.6. The first-order chi connectivity index (χ1) is 13.0. The number of aliphatic hydroxyl groups is 1. The van der Waals surface area contributed by atoms with E-state index in [4.69, 9.17) is 16.1 Å². The molecule has 0 spiro atoms. The lowest BCUT2D eigenvalue weighted by Gasteiger charge is -2.38. The Labute approximate surface area is 157 Å². The zero-order valence-corrected chi connectivity index (χ0v) is 15.2. The second-order valence-corrected chi connectivity index (χ2v) is 6.87. The number of carbonyl (C=O) groups excluding carboxylic acids is 1. The topological polar surface area (TPSA) is 131 Å². The van der Waals surface area contributed by atoms with Crippen molar-refractivity contribution in [2.24, 2.45) is 17.5 Å². The van der Waals surface area contributed by atoms with Gasteiger partial charge < -0.3 is 25.7 Å². The minimum Gasteiger partial charge on any atom is -0.403 e. The quantitative estimate of drug-likeness (QED) is 0.425. The maximum absolute atomic E-state index is 12.3. The maximum atomic E-state index is 12.3. The number of hydrogen-bond donors (Lipinski definition) is 4. The standard InChI is InChI=1S/C19H25N5O3/c1-12(25)17(10-20)24(21)11-13-7-15(8-13)22-19(26)18-9-16(23-27-18)14-5-3-2-4-6-14/h2-6,9-10,12-13,15,25H,7-8,11,20-21H2,1H3,(H,22,26)/b17-10-/t12?,13-,15+. The van der Waals surface area contributed by atoms with Gasteiger partial charge in [0, 0.05) is 30.4 Å². The van der Waals surface area contributed by atoms with E-state index in [0.29, 0.717) is 23.9 Å². The van der Waals surface area contributed by atoms with Gasteiger partial charge in [-0.15, -0.1) is 0 Å². The van der Waals surface area contributed by atoms with Crippen molar-refractivity contribution in [3.8, 4) is 11.3 Å². The average Bonchev–Trinajstić information content (AvgIpc) is 3.11. The molecule has 0 aliphatic heterocycles. The summed E-state index contributed by atoms with van der Waals surface area (Å²) < 4.78 is 5.17. The van der Waals surface area contributed by atoms with E-state index in [1.54, 1.807) is 13.0 Å². The van der Waals surface area contributed by atoms with Gasteiger partial charge in [-0.05, 0) is 25.7 Å². The van der Waals surface area contributed by atoms with Crippen LogP contribution >= 0.6 is 0 Å². The van der Waals surface area contributed by atoms with Gasteiger partial charge in [-0.1, -0.05) is 35.5 Å². The molecule has 1 heterocycles. The van der Waals surface area contributed by atoms with E-state index in [1.165, 1.54) is 11.2 Å². The zero-order chi connectivity index (χ0) is 19.4. The van der Waals surface area contributed by atoms with Crippen LogP contribution < -0.4 is 16.9 Å². The molecule has 27 heavy (non-hydrogen) atoms. The Morgan fingerprint density at radius 2 is 2.15 bits per heavy atom. The molecule has 1 aromatic carbocycles. The van der Waals surface area contributed by atoms with Gasteiger partial charge in [-0.2, -0.15) is 0 Å². The summed E-state index contributed by atoms with van der Waals surface area (Å²) in [6.45, 7) is 2.18. The molecule has 3 rings (SSSR count). The van der Waals surface area contributed by atoms with Gasteiger partial charge in [0.05, 0.1) is 11.8 Å². The molecule has 1 fully saturated rings. The predicted molar refractivity (Wildman–Crippen MR) is 101 cm³/mol. The maximum Gasteiger partial charge on any atom is 0.290 e. The monoisotopic (exact) mass is 371 g/mol. The van der Waals surface area contributed by atoms with E-state index in [1.807, 2.05) is 30.3 Å². The fraction of sp³-hybridized carbons (Fsp3) is 0.368. The van der Waals surface area contributed by atoms with Crippen LogP contribution in [-0.4, -0.2) is 39.9 Å². The molecular weight excluding hydrogens is 346 g/mol. The number of benzene rings is 1. The van der Waals surface area contributed by atoms with Crippen LogP contribution in [0, 0.1) is 5.92 Å². The van der Waals surface area contributed by atoms with Gasteiger partial charge in [0.15, 0.2) is 0 Å². The van der Waals surface area contributed by atoms with Crippen molar-refractivity contribution in [1.29, 1.82) is 0 Å². The minimum absolute atomic E-state index is 0.0676. The number of rotatable bonds is 7. The number of nitrogens with two attached hydrogens (primary N) is 2. The minimum atomic E-state index is -0.721. The largest absolute Gasteiger partial charge is 0.403 e. The third kappa shape index (κ3) is 4.47. The smallest absolute Gasteiger partial charge is 0.290 e. The SMILES string of the molecule is CC(O)/C(=C/N)N(N)C[C@H]1C[C@@H](NC(=O)c2cc(-c3ccccc3)no2)C1. The van der Waals surface area contributed by atoms with Crippen molar-refractivity contribution < 1.29 is 14.4 Å². The first-order valence-electron chi connectivity index (χ1n) is 8.93. The second kappa shape index (κ2) is 8.24. The molecule has 1 unspecified atom stereocenters. The van der Waals surface area contributed by atoms with Crippen LogP contribution in [0.25, 0.3) is 11.3 Å². The molecular formula is C19H25N5O3. The highest BCUT2D eigenvalue weighted by Gasteiger charge is 2.32. The highest BCUT2D eigenvalue weighted by Crippen LogP contribution is 2.29. The summed E-state index contributed by atoms with van der Waals surface area (Å²) in [5.41, 5.74) is 7.51. The molecule has 1 aromatic heterocycles. The van der Waals surface area contributed by atoms with E-state index in [0.717, 1.165) is 18.4 Å². The Hall–Kier alpha value is -2.84. The second-order valence-electron chi connectivity index (χ2n) is 6.87. The highest BCUT2D eigenvalue weighted by atomic mass is 16.5. The number of carbonyl (C=O) groups is 1. The van der Waals surface area contributed by atoms with Crippen molar-refractivity contribution in [3.63, 3.8) is 0 Å². The Balaban J connectivity index is 1.48. The average molecular weight is 371 g/mol. The van der Waals surface area contributed by atoms with E-state index in [9.17, 15) is 9.90 Å². The van der Waals surface area contributed by atoms with Crippen LogP contribution in [0.5, 0.6) is 0 Å². The van der Waals surface area contributed by atoms with Crippen molar-refractivity contribution in [2.75, 3.05) is 6.54 Å². The van der Waals surface area contributed by atoms with Crippen molar-refractivity contribution in [1.82, 2.24) is 15.5 Å². The lowest BCUT2D eigenvalue weighted by molar-refractivity contribution is 0.0823. The van der Waals surface area contributed by atoms with Crippen LogP contribution in [0.4, 0.5) is 0 Å². The Morgan fingerprint density at radius 1 is 1.44 bits per heavy atom. The number of nitrogens with one attached hydrogen (secondary N) is 1. The molecule has 2 aromatic rings. The number of aromatic nitrogens is 1. The first-order valence-corrected chi connectivity index (χ1v) is 8.93. The summed E-state index contributed by atoms with van der Waals surface area (Å²) >= 11 is 0. The van der Waals surface area contributed by atoms with Crippen LogP contribution in [0.1, 0.15) is 30.3 Å². The molecule has 1 aliphatic rings. The first kappa shape index (κ1) is 18.9. The summed E-state index contributed by atoms with van der Waals surface area (Å²) in [6, 6.07) is 11.3. The summed E-state index contributed by atoms with van der Waals surface area (Å²) in [7, 11) is 0. The molecule has 1 amide bonds. The van der Waals surface area contributed by atoms with Crippen molar-refractivity contribution in [3.05, 3.63) is 54.1 Å². The van der Waals surface area contributed by atoms with Crippen molar-refractivity contribution >= 4 is 5.91 Å². The third-order valence-electron chi connectivity index (χ3n) is 4.76. The number of amides is 1. The molecule has 8 nitrogen and oxygen atoms in total. The molecule has 8 heteroatoms. The highest BCUT2D eigenvalue weighted by molar-refractivity contribution is 5.92. The molecule has 0 saturated heterocycles. The summed E-state index contributed by atoms with van der Waals surface area (Å²) in [5, 5.41) is 18.0. The van der Waals surface area contributed by atoms with Gasteiger partial charge in [0.25, 0.3) is 5.91 Å². The molecule has 6 N–H and O–H groups in total. The van der Waals surface area contributed by atoms with Crippen molar-refractivity contribution in [2.45, 2.75) is 31.9 Å². The van der Waals surface area contributed by atoms with Crippen LogP contribution in [0.15, 0.2) is 52.8 Å². The van der Waals surface area contributed by atoms with Gasteiger partial charge in [0.1, 0.15) is 5.69 Å². The zero-order valence-electron chi connectivity index (χ0n) is 15.2. The molecule has 0 radical (unpaired) electrons. The molecule has 1 atom stereocenters. The fourth-order valence-corrected chi connectivity index (χ4v) is 3.24. The number of hydrogen-bond acceptors (Lipinski definition) is 7. The Bertz CT molecular complexity index is 797. The van der Waals surface area contributed by atoms with E-state index in [-0.39, 0.29) is 17.7 Å². The Morgan fingerprint density at radius 3 is 2.78 bits per heavy atom. The molecule has 0 bridgehead atoms. The van der Waals surface area contributed by atoms with Gasteiger partial charge >= 0.3 is 0 Å². The van der Waals surface area contributed by atoms with Crippen LogP contribution in [0.3, 0.4) is 0 Å². The van der Waals surface area contributed by atoms with Crippen LogP contribution in [-0.2, 0) is 0 Å². The molecule has 1 aliphatic carbocycles. The van der Waals surface area contributed by atoms with Crippen LogP contribution in [0.2, 0.25) is 0 Å². The van der Waals surface area contributed by atoms with E-state index >= 15 is 0 Å². The lowest BCUT2D eigenvalue weighted by atomic mass is 9.80. The summed E-state index contributed by atoms with van der Waals surface area (Å²) in [5.74, 6) is 6.19. The Kier molecular flexibility index (Phi) is 5.78. The van der Waals surface area contributed by atoms with E-state index in [2.05, 4.69) is 10.5 Å². The summed E-state index contributed by atoms with van der Waals surface area (Å²) in [4.78, 5) is 12.3. The van der Waals surface area contributed by atoms with Gasteiger partial charge in [-0.25, -0.2) is 5.84 Å². The number of aliphatic hydroxyl groups excluding tert-OH is 1. The molecule has 144 valence electrons. The van der Waals surface area contributed by atoms with Gasteiger partial charge in [-0.3, -0.25) is 4.79 Å². The summed E-state index contributed by atoms with van der Waals surface area (Å²) in [6.07, 6.45) is 2.20. The number of hydrazine groups is 1.